The summed E-state index contributed by atoms with van der Waals surface area (Å²) < 4.78 is 13.2. The third-order valence-electron chi connectivity index (χ3n) is 6.61. The number of piperazine rings is 1. The van der Waals surface area contributed by atoms with Crippen LogP contribution in [-0.4, -0.2) is 66.5 Å². The van der Waals surface area contributed by atoms with E-state index in [1.165, 1.54) is 29.9 Å². The van der Waals surface area contributed by atoms with Gasteiger partial charge in [0, 0.05) is 56.9 Å². The summed E-state index contributed by atoms with van der Waals surface area (Å²) in [6, 6.07) is 16.4. The third-order valence-corrected chi connectivity index (χ3v) is 7.74. The van der Waals surface area contributed by atoms with Crippen molar-refractivity contribution in [2.45, 2.75) is 12.8 Å². The number of hydrogen-bond donors (Lipinski definition) is 0. The van der Waals surface area contributed by atoms with Gasteiger partial charge in [0.2, 0.25) is 0 Å². The average Bonchev–Trinajstić information content (AvgIpc) is 3.36. The second kappa shape index (κ2) is 10.0. The Balaban J connectivity index is 1.15. The van der Waals surface area contributed by atoms with Gasteiger partial charge < -0.3 is 9.80 Å². The number of pyridine rings is 1. The van der Waals surface area contributed by atoms with Crippen LogP contribution in [0.5, 0.6) is 0 Å². The number of hydrogen-bond acceptors (Lipinski definition) is 5. The predicted molar refractivity (Wildman–Crippen MR) is 131 cm³/mol. The average molecular weight is 465 g/mol. The van der Waals surface area contributed by atoms with Crippen molar-refractivity contribution in [1.82, 2.24) is 14.8 Å². The fourth-order valence-corrected chi connectivity index (χ4v) is 5.82. The van der Waals surface area contributed by atoms with E-state index in [1.54, 1.807) is 12.1 Å². The van der Waals surface area contributed by atoms with E-state index in [2.05, 4.69) is 20.9 Å². The first-order valence-corrected chi connectivity index (χ1v) is 12.5. The van der Waals surface area contributed by atoms with Crippen LogP contribution in [0.25, 0.3) is 10.4 Å². The number of aromatic nitrogens is 1. The smallest absolute Gasteiger partial charge is 0.263 e. The molecule has 2 aliphatic heterocycles. The molecule has 0 radical (unpaired) electrons. The Kier molecular flexibility index (Phi) is 6.69. The number of halogens is 1. The molecule has 5 rings (SSSR count). The highest BCUT2D eigenvalue weighted by Gasteiger charge is 2.28. The number of benzene rings is 1. The van der Waals surface area contributed by atoms with E-state index < -0.39 is 0 Å². The minimum Gasteiger partial charge on any atom is -0.354 e. The van der Waals surface area contributed by atoms with E-state index in [1.807, 2.05) is 35.4 Å². The number of piperidine rings is 1. The van der Waals surface area contributed by atoms with Gasteiger partial charge in [-0.3, -0.25) is 9.69 Å². The number of rotatable bonds is 5. The summed E-state index contributed by atoms with van der Waals surface area (Å²) in [5.74, 6) is 1.45. The molecule has 0 spiro atoms. The summed E-state index contributed by atoms with van der Waals surface area (Å²) in [6.07, 6.45) is 4.08. The summed E-state index contributed by atoms with van der Waals surface area (Å²) >= 11 is 1.49. The molecule has 33 heavy (non-hydrogen) atoms. The molecule has 2 saturated heterocycles. The predicted octanol–water partition coefficient (Wildman–Crippen LogP) is 4.62. The van der Waals surface area contributed by atoms with Crippen molar-refractivity contribution >= 4 is 23.1 Å². The Bertz CT molecular complexity index is 1060. The first kappa shape index (κ1) is 22.0. The fraction of sp³-hybridized carbons (Fsp3) is 0.385. The molecule has 3 aromatic rings. The molecule has 2 fully saturated rings. The van der Waals surface area contributed by atoms with Crippen LogP contribution in [0.4, 0.5) is 10.2 Å². The second-order valence-corrected chi connectivity index (χ2v) is 9.99. The van der Waals surface area contributed by atoms with Crippen LogP contribution in [-0.2, 0) is 0 Å². The van der Waals surface area contributed by atoms with Gasteiger partial charge in [-0.2, -0.15) is 0 Å². The van der Waals surface area contributed by atoms with Gasteiger partial charge in [-0.25, -0.2) is 9.37 Å². The van der Waals surface area contributed by atoms with Crippen molar-refractivity contribution in [2.24, 2.45) is 5.92 Å². The molecule has 172 valence electrons. The Hall–Kier alpha value is -2.77. The van der Waals surface area contributed by atoms with E-state index in [4.69, 9.17) is 0 Å². The van der Waals surface area contributed by atoms with Crippen molar-refractivity contribution in [3.05, 3.63) is 71.5 Å². The molecule has 1 aromatic carbocycles. The van der Waals surface area contributed by atoms with Crippen LogP contribution in [0, 0.1) is 11.7 Å². The number of carbonyl (C=O) groups is 1. The van der Waals surface area contributed by atoms with Gasteiger partial charge in [0.05, 0.1) is 4.88 Å². The Morgan fingerprint density at radius 2 is 1.82 bits per heavy atom. The molecular formula is C26H29FN4OS. The van der Waals surface area contributed by atoms with Crippen LogP contribution in [0.2, 0.25) is 0 Å². The highest BCUT2D eigenvalue weighted by atomic mass is 32.1. The largest absolute Gasteiger partial charge is 0.354 e. The lowest BCUT2D eigenvalue weighted by Gasteiger charge is -2.39. The standard InChI is InChI=1S/C26H29FN4OS/c27-22-8-6-21(7-9-22)23-10-11-24(33-23)26(32)31-13-3-4-20(19-31)18-29-14-16-30(17-15-29)25-5-1-2-12-28-25/h1-2,5-12,20H,3-4,13-19H2. The Labute approximate surface area is 198 Å². The summed E-state index contributed by atoms with van der Waals surface area (Å²) in [5, 5.41) is 0. The van der Waals surface area contributed by atoms with Gasteiger partial charge in [-0.05, 0) is 60.7 Å². The number of likely N-dealkylation sites (tertiary alicyclic amines) is 1. The van der Waals surface area contributed by atoms with Gasteiger partial charge in [0.15, 0.2) is 0 Å². The van der Waals surface area contributed by atoms with Crippen molar-refractivity contribution in [3.63, 3.8) is 0 Å². The van der Waals surface area contributed by atoms with Crippen molar-refractivity contribution in [2.75, 3.05) is 50.7 Å². The number of carbonyl (C=O) groups excluding carboxylic acids is 1. The Morgan fingerprint density at radius 3 is 2.58 bits per heavy atom. The molecule has 4 heterocycles. The van der Waals surface area contributed by atoms with Gasteiger partial charge >= 0.3 is 0 Å². The van der Waals surface area contributed by atoms with Gasteiger partial charge in [-0.15, -0.1) is 11.3 Å². The second-order valence-electron chi connectivity index (χ2n) is 8.91. The summed E-state index contributed by atoms with van der Waals surface area (Å²) in [7, 11) is 0. The maximum absolute atomic E-state index is 13.2. The molecule has 0 saturated carbocycles. The summed E-state index contributed by atoms with van der Waals surface area (Å²) in [6.45, 7) is 6.75. The SMILES string of the molecule is O=C(c1ccc(-c2ccc(F)cc2)s1)N1CCCC(CN2CCN(c3ccccn3)CC2)C1. The maximum atomic E-state index is 13.2. The van der Waals surface area contributed by atoms with Crippen LogP contribution >= 0.6 is 11.3 Å². The van der Waals surface area contributed by atoms with Crippen molar-refractivity contribution < 1.29 is 9.18 Å². The highest BCUT2D eigenvalue weighted by Crippen LogP contribution is 2.30. The topological polar surface area (TPSA) is 39.7 Å². The van der Waals surface area contributed by atoms with Crippen LogP contribution < -0.4 is 4.90 Å². The quantitative estimate of drug-likeness (QED) is 0.552. The number of thiophene rings is 1. The molecule has 0 bridgehead atoms. The lowest BCUT2D eigenvalue weighted by Crippen LogP contribution is -2.50. The highest BCUT2D eigenvalue weighted by molar-refractivity contribution is 7.17. The van der Waals surface area contributed by atoms with Gasteiger partial charge in [0.25, 0.3) is 5.91 Å². The normalized spacial score (nSPS) is 19.6. The van der Waals surface area contributed by atoms with Crippen molar-refractivity contribution in [1.29, 1.82) is 0 Å². The van der Waals surface area contributed by atoms with Crippen LogP contribution in [0.15, 0.2) is 60.8 Å². The molecule has 1 atom stereocenters. The van der Waals surface area contributed by atoms with E-state index in [0.29, 0.717) is 5.92 Å². The van der Waals surface area contributed by atoms with E-state index in [-0.39, 0.29) is 11.7 Å². The molecule has 0 aliphatic carbocycles. The summed E-state index contributed by atoms with van der Waals surface area (Å²) in [5.41, 5.74) is 0.946. The third kappa shape index (κ3) is 5.25. The van der Waals surface area contributed by atoms with Gasteiger partial charge in [-0.1, -0.05) is 18.2 Å². The lowest BCUT2D eigenvalue weighted by molar-refractivity contribution is 0.0642. The lowest BCUT2D eigenvalue weighted by atomic mass is 9.97. The first-order chi connectivity index (χ1) is 16.2. The molecule has 1 amide bonds. The van der Waals surface area contributed by atoms with Gasteiger partial charge in [0.1, 0.15) is 11.6 Å². The molecule has 2 aliphatic rings. The monoisotopic (exact) mass is 464 g/mol. The Morgan fingerprint density at radius 1 is 1.00 bits per heavy atom. The zero-order valence-corrected chi connectivity index (χ0v) is 19.5. The number of amides is 1. The first-order valence-electron chi connectivity index (χ1n) is 11.7. The molecule has 2 aromatic heterocycles. The van der Waals surface area contributed by atoms with E-state index in [9.17, 15) is 9.18 Å². The zero-order chi connectivity index (χ0) is 22.6. The molecular weight excluding hydrogens is 435 g/mol. The minimum atomic E-state index is -0.246. The van der Waals surface area contributed by atoms with Crippen molar-refractivity contribution in [3.8, 4) is 10.4 Å². The maximum Gasteiger partial charge on any atom is 0.263 e. The molecule has 0 N–H and O–H groups in total. The number of anilines is 1. The minimum absolute atomic E-state index is 0.123. The molecule has 1 unspecified atom stereocenters. The molecule has 7 heteroatoms. The summed E-state index contributed by atoms with van der Waals surface area (Å²) in [4.78, 5) is 26.3. The molecule has 5 nitrogen and oxygen atoms in total. The van der Waals surface area contributed by atoms with Crippen LogP contribution in [0.3, 0.4) is 0 Å². The van der Waals surface area contributed by atoms with E-state index >= 15 is 0 Å². The van der Waals surface area contributed by atoms with E-state index in [0.717, 1.165) is 73.4 Å². The fourth-order valence-electron chi connectivity index (χ4n) is 4.84. The van der Waals surface area contributed by atoms with Crippen LogP contribution in [0.1, 0.15) is 22.5 Å². The number of nitrogens with zero attached hydrogens (tertiary/aromatic N) is 4. The zero-order valence-electron chi connectivity index (χ0n) is 18.7.